The van der Waals surface area contributed by atoms with Crippen LogP contribution in [0.15, 0.2) is 41.8 Å². The zero-order valence-corrected chi connectivity index (χ0v) is 12.9. The predicted octanol–water partition coefficient (Wildman–Crippen LogP) is 1.56. The molecule has 0 fully saturated rings. The fourth-order valence-electron chi connectivity index (χ4n) is 2.46. The van der Waals surface area contributed by atoms with E-state index >= 15 is 0 Å². The van der Waals surface area contributed by atoms with Crippen LogP contribution >= 0.6 is 11.3 Å². The van der Waals surface area contributed by atoms with Crippen molar-refractivity contribution in [2.45, 2.75) is 18.8 Å². The molecule has 2 aromatic rings. The van der Waals surface area contributed by atoms with Crippen LogP contribution in [-0.2, 0) is 4.74 Å². The van der Waals surface area contributed by atoms with E-state index in [1.165, 1.54) is 15.3 Å². The van der Waals surface area contributed by atoms with E-state index in [0.717, 1.165) is 13.0 Å². The van der Waals surface area contributed by atoms with Crippen LogP contribution in [-0.4, -0.2) is 19.8 Å². The molecule has 0 bridgehead atoms. The van der Waals surface area contributed by atoms with Crippen LogP contribution in [0.3, 0.4) is 0 Å². The molecule has 2 atom stereocenters. The van der Waals surface area contributed by atoms with Gasteiger partial charge in [-0.25, -0.2) is 0 Å². The molecule has 3 nitrogen and oxygen atoms in total. The molecule has 0 radical (unpaired) electrons. The Hall–Kier alpha value is -1.62. The first-order valence-electron chi connectivity index (χ1n) is 7.23. The van der Waals surface area contributed by atoms with Crippen LogP contribution in [0.2, 0.25) is 0 Å². The van der Waals surface area contributed by atoms with Gasteiger partial charge in [-0.2, -0.15) is 0 Å². The third-order valence-electron chi connectivity index (χ3n) is 3.56. The first-order chi connectivity index (χ1) is 10.4. The second kappa shape index (κ2) is 6.89. The van der Waals surface area contributed by atoms with Crippen LogP contribution in [0.4, 0.5) is 0 Å². The molecule has 1 aromatic carbocycles. The predicted molar refractivity (Wildman–Crippen MR) is 88.2 cm³/mol. The topological polar surface area (TPSA) is 33.3 Å². The van der Waals surface area contributed by atoms with Crippen LogP contribution < -0.4 is 21.1 Å². The summed E-state index contributed by atoms with van der Waals surface area (Å²) in [6.07, 6.45) is 5.18. The molecule has 3 rings (SSSR count). The summed E-state index contributed by atoms with van der Waals surface area (Å²) in [6.45, 7) is 0.940. The normalized spacial score (nSPS) is 18.0. The fourth-order valence-corrected chi connectivity index (χ4v) is 3.26. The quantitative estimate of drug-likeness (QED) is 0.849. The van der Waals surface area contributed by atoms with Gasteiger partial charge < -0.3 is 15.4 Å². The summed E-state index contributed by atoms with van der Waals surface area (Å²) in [4.78, 5) is 1.28. The Balaban J connectivity index is 1.76. The molecule has 4 heteroatoms. The second-order valence-electron chi connectivity index (χ2n) is 5.06. The number of rotatable bonds is 6. The van der Waals surface area contributed by atoms with Crippen molar-refractivity contribution in [1.29, 1.82) is 0 Å². The van der Waals surface area contributed by atoms with E-state index in [0.29, 0.717) is 0 Å². The highest BCUT2D eigenvalue weighted by Crippen LogP contribution is 2.26. The fraction of sp³-hybridized carbons (Fsp3) is 0.294. The van der Waals surface area contributed by atoms with Crippen molar-refractivity contribution in [3.05, 3.63) is 57.1 Å². The number of hydrogen-bond donors (Lipinski definition) is 2. The van der Waals surface area contributed by atoms with Crippen molar-refractivity contribution >= 4 is 23.6 Å². The average Bonchev–Trinajstić information content (AvgIpc) is 3.05. The van der Waals surface area contributed by atoms with Crippen molar-refractivity contribution in [2.24, 2.45) is 0 Å². The maximum Gasteiger partial charge on any atom is 0.148 e. The zero-order valence-electron chi connectivity index (χ0n) is 12.1. The SMILES string of the molecule is CNCCC(OC1C=c2ccccc2=CN1)c1cccs1. The summed E-state index contributed by atoms with van der Waals surface area (Å²) >= 11 is 1.75. The van der Waals surface area contributed by atoms with Crippen molar-refractivity contribution in [2.75, 3.05) is 13.6 Å². The number of ether oxygens (including phenoxy) is 1. The van der Waals surface area contributed by atoms with E-state index in [-0.39, 0.29) is 12.3 Å². The minimum atomic E-state index is -0.0798. The van der Waals surface area contributed by atoms with E-state index < -0.39 is 0 Å². The van der Waals surface area contributed by atoms with Gasteiger partial charge in [0.1, 0.15) is 6.23 Å². The third-order valence-corrected chi connectivity index (χ3v) is 4.52. The molecule has 2 unspecified atom stereocenters. The summed E-state index contributed by atoms with van der Waals surface area (Å²) in [6, 6.07) is 12.6. The van der Waals surface area contributed by atoms with Crippen LogP contribution in [0, 0.1) is 0 Å². The Morgan fingerprint density at radius 1 is 1.24 bits per heavy atom. The molecule has 0 saturated carbocycles. The van der Waals surface area contributed by atoms with Crippen molar-refractivity contribution < 1.29 is 4.74 Å². The Kier molecular flexibility index (Phi) is 4.70. The van der Waals surface area contributed by atoms with E-state index in [1.807, 2.05) is 19.3 Å². The molecular formula is C17H20N2OS. The molecule has 2 heterocycles. The Morgan fingerprint density at radius 3 is 2.86 bits per heavy atom. The van der Waals surface area contributed by atoms with Crippen LogP contribution in [0.5, 0.6) is 0 Å². The summed E-state index contributed by atoms with van der Waals surface area (Å²) < 4.78 is 6.27. The molecule has 1 aliphatic rings. The zero-order chi connectivity index (χ0) is 14.5. The van der Waals surface area contributed by atoms with E-state index in [4.69, 9.17) is 4.74 Å². The standard InChI is InChI=1S/C17H20N2OS/c1-18-9-8-15(16-7-4-10-21-16)20-17-11-13-5-2-3-6-14(13)12-19-17/h2-7,10-12,15,17-19H,8-9H2,1H3. The number of thiophene rings is 1. The number of fused-ring (bicyclic) bond motifs is 1. The largest absolute Gasteiger partial charge is 0.362 e. The van der Waals surface area contributed by atoms with Gasteiger partial charge in [-0.15, -0.1) is 11.3 Å². The van der Waals surface area contributed by atoms with Gasteiger partial charge in [-0.1, -0.05) is 30.3 Å². The van der Waals surface area contributed by atoms with Gasteiger partial charge in [0, 0.05) is 11.1 Å². The lowest BCUT2D eigenvalue weighted by molar-refractivity contribution is 0.00936. The molecular weight excluding hydrogens is 280 g/mol. The lowest BCUT2D eigenvalue weighted by atomic mass is 10.2. The van der Waals surface area contributed by atoms with Crippen LogP contribution in [0.25, 0.3) is 12.3 Å². The Morgan fingerprint density at radius 2 is 2.10 bits per heavy atom. The van der Waals surface area contributed by atoms with Gasteiger partial charge in [-0.05, 0) is 48.0 Å². The van der Waals surface area contributed by atoms with E-state index in [9.17, 15) is 0 Å². The Labute approximate surface area is 129 Å². The van der Waals surface area contributed by atoms with Gasteiger partial charge in [-0.3, -0.25) is 0 Å². The van der Waals surface area contributed by atoms with Crippen LogP contribution in [0.1, 0.15) is 17.4 Å². The average molecular weight is 300 g/mol. The monoisotopic (exact) mass is 300 g/mol. The Bertz CT molecular complexity index is 681. The molecule has 0 amide bonds. The molecule has 0 aliphatic carbocycles. The van der Waals surface area contributed by atoms with Crippen molar-refractivity contribution in [1.82, 2.24) is 10.6 Å². The highest BCUT2D eigenvalue weighted by atomic mass is 32.1. The molecule has 0 spiro atoms. The smallest absolute Gasteiger partial charge is 0.148 e. The second-order valence-corrected chi connectivity index (χ2v) is 6.04. The first kappa shape index (κ1) is 14.3. The first-order valence-corrected chi connectivity index (χ1v) is 8.11. The summed E-state index contributed by atoms with van der Waals surface area (Å²) in [5.74, 6) is 0. The minimum absolute atomic E-state index is 0.0798. The summed E-state index contributed by atoms with van der Waals surface area (Å²) in [5.41, 5.74) is 0. The molecule has 1 aromatic heterocycles. The van der Waals surface area contributed by atoms with E-state index in [2.05, 4.69) is 52.4 Å². The third kappa shape index (κ3) is 3.53. The number of benzene rings is 1. The molecule has 110 valence electrons. The highest BCUT2D eigenvalue weighted by molar-refractivity contribution is 7.10. The summed E-state index contributed by atoms with van der Waals surface area (Å²) in [5, 5.41) is 11.1. The minimum Gasteiger partial charge on any atom is -0.362 e. The highest BCUT2D eigenvalue weighted by Gasteiger charge is 2.17. The molecule has 0 saturated heterocycles. The van der Waals surface area contributed by atoms with Gasteiger partial charge in [0.05, 0.1) is 6.10 Å². The molecule has 1 aliphatic heterocycles. The lowest BCUT2D eigenvalue weighted by Crippen LogP contribution is -2.40. The van der Waals surface area contributed by atoms with Gasteiger partial charge in [0.2, 0.25) is 0 Å². The number of hydrogen-bond acceptors (Lipinski definition) is 4. The maximum absolute atomic E-state index is 6.27. The molecule has 21 heavy (non-hydrogen) atoms. The maximum atomic E-state index is 6.27. The van der Waals surface area contributed by atoms with Crippen molar-refractivity contribution in [3.8, 4) is 0 Å². The number of nitrogens with one attached hydrogen (secondary N) is 2. The summed E-state index contributed by atoms with van der Waals surface area (Å²) in [7, 11) is 1.97. The lowest BCUT2D eigenvalue weighted by Gasteiger charge is -2.24. The van der Waals surface area contributed by atoms with Crippen molar-refractivity contribution in [3.63, 3.8) is 0 Å². The van der Waals surface area contributed by atoms with Gasteiger partial charge in [0.15, 0.2) is 0 Å². The van der Waals surface area contributed by atoms with Gasteiger partial charge >= 0.3 is 0 Å². The van der Waals surface area contributed by atoms with E-state index in [1.54, 1.807) is 11.3 Å². The molecule has 2 N–H and O–H groups in total. The van der Waals surface area contributed by atoms with Gasteiger partial charge in [0.25, 0.3) is 0 Å².